The number of carbonyl (C=O) groups excluding carboxylic acids is 3. The van der Waals surface area contributed by atoms with Crippen LogP contribution in [0.2, 0.25) is 0 Å². The molecule has 4 aromatic carbocycles. The maximum absolute atomic E-state index is 13.4. The van der Waals surface area contributed by atoms with Crippen molar-refractivity contribution < 1.29 is 23.9 Å². The zero-order chi connectivity index (χ0) is 33.0. The molecule has 1 aromatic heterocycles. The Morgan fingerprint density at radius 3 is 2.23 bits per heavy atom. The van der Waals surface area contributed by atoms with E-state index in [4.69, 9.17) is 9.47 Å². The van der Waals surface area contributed by atoms with Gasteiger partial charge in [0.15, 0.2) is 5.13 Å². The van der Waals surface area contributed by atoms with Crippen LogP contribution in [0.15, 0.2) is 119 Å². The molecular formula is C36H32N4O5S2. The Labute approximate surface area is 281 Å². The normalized spacial score (nSPS) is 11.0. The van der Waals surface area contributed by atoms with E-state index in [9.17, 15) is 14.4 Å². The number of benzene rings is 4. The van der Waals surface area contributed by atoms with Gasteiger partial charge in [-0.3, -0.25) is 14.4 Å². The minimum absolute atomic E-state index is 0.0791. The average Bonchev–Trinajstić information content (AvgIpc) is 3.57. The average molecular weight is 665 g/mol. The third-order valence-electron chi connectivity index (χ3n) is 6.65. The fourth-order valence-electron chi connectivity index (χ4n) is 4.30. The van der Waals surface area contributed by atoms with Crippen molar-refractivity contribution in [3.05, 3.63) is 125 Å². The van der Waals surface area contributed by atoms with E-state index in [0.29, 0.717) is 34.3 Å². The zero-order valence-corrected chi connectivity index (χ0v) is 27.3. The Morgan fingerprint density at radius 1 is 0.851 bits per heavy atom. The summed E-state index contributed by atoms with van der Waals surface area (Å²) in [7, 11) is 1.62. The number of rotatable bonds is 13. The minimum atomic E-state index is -0.486. The summed E-state index contributed by atoms with van der Waals surface area (Å²) in [5.41, 5.74) is 3.46. The van der Waals surface area contributed by atoms with E-state index < -0.39 is 11.8 Å². The molecule has 47 heavy (non-hydrogen) atoms. The summed E-state index contributed by atoms with van der Waals surface area (Å²) in [6, 6.07) is 30.6. The monoisotopic (exact) mass is 664 g/mol. The summed E-state index contributed by atoms with van der Waals surface area (Å²) in [4.78, 5) is 44.3. The number of aromatic nitrogens is 1. The highest BCUT2D eigenvalue weighted by Crippen LogP contribution is 2.27. The van der Waals surface area contributed by atoms with Crippen LogP contribution in [0, 0.1) is 0 Å². The summed E-state index contributed by atoms with van der Waals surface area (Å²) in [6.07, 6.45) is 1.61. The smallest absolute Gasteiger partial charge is 0.272 e. The molecule has 0 aliphatic carbocycles. The number of anilines is 2. The van der Waals surface area contributed by atoms with Gasteiger partial charge in [0, 0.05) is 27.1 Å². The molecular weight excluding hydrogens is 633 g/mol. The van der Waals surface area contributed by atoms with Gasteiger partial charge in [-0.05, 0) is 91.4 Å². The van der Waals surface area contributed by atoms with E-state index in [0.717, 1.165) is 21.9 Å². The highest BCUT2D eigenvalue weighted by atomic mass is 32.2. The first-order valence-electron chi connectivity index (χ1n) is 14.6. The topological polar surface area (TPSA) is 119 Å². The van der Waals surface area contributed by atoms with Gasteiger partial charge in [0.05, 0.1) is 25.2 Å². The van der Waals surface area contributed by atoms with Crippen molar-refractivity contribution in [2.75, 3.05) is 30.1 Å². The van der Waals surface area contributed by atoms with Gasteiger partial charge < -0.3 is 25.4 Å². The zero-order valence-electron chi connectivity index (χ0n) is 25.7. The van der Waals surface area contributed by atoms with Crippen LogP contribution in [0.1, 0.15) is 22.8 Å². The Bertz CT molecular complexity index is 1840. The molecule has 3 N–H and O–H groups in total. The lowest BCUT2D eigenvalue weighted by Gasteiger charge is -2.12. The summed E-state index contributed by atoms with van der Waals surface area (Å²) in [5.74, 6) is 0.587. The molecule has 0 aliphatic heterocycles. The second-order valence-corrected chi connectivity index (χ2v) is 11.9. The molecule has 0 bridgehead atoms. The fourth-order valence-corrected chi connectivity index (χ4v) is 5.73. The van der Waals surface area contributed by atoms with Gasteiger partial charge in [0.2, 0.25) is 5.91 Å². The molecule has 3 amide bonds. The molecule has 11 heteroatoms. The van der Waals surface area contributed by atoms with Crippen LogP contribution < -0.4 is 25.4 Å². The molecule has 5 rings (SSSR count). The van der Waals surface area contributed by atoms with Crippen molar-refractivity contribution in [3.8, 4) is 22.8 Å². The van der Waals surface area contributed by atoms with Crippen LogP contribution in [0.3, 0.4) is 0 Å². The number of thioether (sulfide) groups is 1. The number of hydrogen-bond acceptors (Lipinski definition) is 8. The maximum Gasteiger partial charge on any atom is 0.272 e. The molecule has 0 fully saturated rings. The first-order chi connectivity index (χ1) is 22.9. The highest BCUT2D eigenvalue weighted by Gasteiger charge is 2.16. The number of nitrogens with zero attached hydrogens (tertiary/aromatic N) is 1. The van der Waals surface area contributed by atoms with Gasteiger partial charge >= 0.3 is 0 Å². The number of ether oxygens (including phenoxy) is 2. The van der Waals surface area contributed by atoms with Gasteiger partial charge in [0.25, 0.3) is 11.8 Å². The lowest BCUT2D eigenvalue weighted by atomic mass is 10.1. The quantitative estimate of drug-likeness (QED) is 0.0889. The number of nitrogens with one attached hydrogen (secondary N) is 3. The van der Waals surface area contributed by atoms with E-state index in [1.807, 2.05) is 66.9 Å². The van der Waals surface area contributed by atoms with Crippen LogP contribution in [-0.2, 0) is 9.59 Å². The second-order valence-electron chi connectivity index (χ2n) is 9.96. The maximum atomic E-state index is 13.4. The number of thiazole rings is 1. The summed E-state index contributed by atoms with van der Waals surface area (Å²) in [6.45, 7) is 2.45. The Morgan fingerprint density at radius 2 is 1.55 bits per heavy atom. The van der Waals surface area contributed by atoms with Crippen LogP contribution in [0.25, 0.3) is 17.3 Å². The summed E-state index contributed by atoms with van der Waals surface area (Å²) in [5, 5.41) is 10.9. The lowest BCUT2D eigenvalue weighted by molar-refractivity contribution is -0.114. The third kappa shape index (κ3) is 9.55. The Kier molecular flexibility index (Phi) is 11.4. The first-order valence-corrected chi connectivity index (χ1v) is 16.5. The Hall–Kier alpha value is -5.39. The van der Waals surface area contributed by atoms with Crippen molar-refractivity contribution in [2.24, 2.45) is 0 Å². The van der Waals surface area contributed by atoms with Crippen LogP contribution in [0.4, 0.5) is 10.8 Å². The Balaban J connectivity index is 1.18. The third-order valence-corrected chi connectivity index (χ3v) is 8.42. The van der Waals surface area contributed by atoms with Gasteiger partial charge in [-0.15, -0.1) is 23.1 Å². The van der Waals surface area contributed by atoms with Gasteiger partial charge in [-0.2, -0.15) is 0 Å². The summed E-state index contributed by atoms with van der Waals surface area (Å²) < 4.78 is 10.7. The molecule has 5 aromatic rings. The van der Waals surface area contributed by atoms with E-state index >= 15 is 0 Å². The molecule has 238 valence electrons. The SMILES string of the molecule is CCOc1ccc(/C=C(\NC(=O)c2ccccc2)C(=O)Nc2ccc(SCC(=O)Nc3nc(-c4ccc(OC)cc4)cs3)cc2)cc1. The molecule has 0 spiro atoms. The molecule has 0 radical (unpaired) electrons. The van der Waals surface area contributed by atoms with Crippen LogP contribution in [0.5, 0.6) is 11.5 Å². The number of hydrogen-bond donors (Lipinski definition) is 3. The van der Waals surface area contributed by atoms with E-state index in [1.165, 1.54) is 23.1 Å². The standard InChI is InChI=1S/C36H32N4O5S2/c1-3-45-29-15-9-24(10-16-29)21-31(38-34(42)26-7-5-4-6-8-26)35(43)37-27-13-19-30(20-14-27)46-23-33(41)40-36-39-32(22-47-36)25-11-17-28(44-2)18-12-25/h4-22H,3,23H2,1-2H3,(H,37,43)(H,38,42)(H,39,40,41)/b31-21-. The van der Waals surface area contributed by atoms with Crippen molar-refractivity contribution >= 4 is 57.7 Å². The molecule has 9 nitrogen and oxygen atoms in total. The number of carbonyl (C=O) groups is 3. The predicted octanol–water partition coefficient (Wildman–Crippen LogP) is 7.36. The van der Waals surface area contributed by atoms with Crippen LogP contribution in [-0.4, -0.2) is 42.2 Å². The van der Waals surface area contributed by atoms with Gasteiger partial charge in [0.1, 0.15) is 17.2 Å². The van der Waals surface area contributed by atoms with Gasteiger partial charge in [-0.25, -0.2) is 4.98 Å². The largest absolute Gasteiger partial charge is 0.497 e. The molecule has 0 atom stereocenters. The number of amides is 3. The van der Waals surface area contributed by atoms with Crippen molar-refractivity contribution in [3.63, 3.8) is 0 Å². The second kappa shape index (κ2) is 16.3. The minimum Gasteiger partial charge on any atom is -0.497 e. The predicted molar refractivity (Wildman–Crippen MR) is 188 cm³/mol. The number of methoxy groups -OCH3 is 1. The van der Waals surface area contributed by atoms with Crippen molar-refractivity contribution in [2.45, 2.75) is 11.8 Å². The lowest BCUT2D eigenvalue weighted by Crippen LogP contribution is -2.30. The molecule has 0 saturated heterocycles. The molecule has 1 heterocycles. The van der Waals surface area contributed by atoms with E-state index in [2.05, 4.69) is 20.9 Å². The van der Waals surface area contributed by atoms with E-state index in [1.54, 1.807) is 61.7 Å². The fraction of sp³-hybridized carbons (Fsp3) is 0.111. The summed E-state index contributed by atoms with van der Waals surface area (Å²) >= 11 is 2.72. The van der Waals surface area contributed by atoms with E-state index in [-0.39, 0.29) is 17.4 Å². The molecule has 0 unspecified atom stereocenters. The van der Waals surface area contributed by atoms with Gasteiger partial charge in [-0.1, -0.05) is 30.3 Å². The van der Waals surface area contributed by atoms with Crippen molar-refractivity contribution in [1.82, 2.24) is 10.3 Å². The van der Waals surface area contributed by atoms with Crippen LogP contribution >= 0.6 is 23.1 Å². The van der Waals surface area contributed by atoms with Crippen molar-refractivity contribution in [1.29, 1.82) is 0 Å². The first kappa shape index (κ1) is 33.0. The molecule has 0 saturated carbocycles. The highest BCUT2D eigenvalue weighted by molar-refractivity contribution is 8.00. The molecule has 0 aliphatic rings.